The first kappa shape index (κ1) is 27.1. The molecule has 0 unspecified atom stereocenters. The molecule has 4 rings (SSSR count). The quantitative estimate of drug-likeness (QED) is 0.296. The first-order valence-electron chi connectivity index (χ1n) is 11.9. The lowest BCUT2D eigenvalue weighted by molar-refractivity contribution is -0.139. The predicted octanol–water partition coefficient (Wildman–Crippen LogP) is 3.66. The molecule has 0 radical (unpaired) electrons. The van der Waals surface area contributed by atoms with E-state index in [0.29, 0.717) is 18.7 Å². The van der Waals surface area contributed by atoms with Gasteiger partial charge in [0.1, 0.15) is 0 Å². The van der Waals surface area contributed by atoms with Gasteiger partial charge in [0.15, 0.2) is 6.19 Å². The molecule has 2 aliphatic rings. The molecule has 2 aliphatic heterocycles. The van der Waals surface area contributed by atoms with Gasteiger partial charge in [-0.15, -0.1) is 11.3 Å². The van der Waals surface area contributed by atoms with Crippen molar-refractivity contribution in [2.24, 2.45) is 10.7 Å². The number of rotatable bonds is 3. The van der Waals surface area contributed by atoms with Crippen molar-refractivity contribution in [2.45, 2.75) is 59.3 Å². The van der Waals surface area contributed by atoms with Crippen LogP contribution in [0.25, 0.3) is 10.2 Å². The standard InChI is InChI=1S/C12H20N2O2.C10H9N5S.C2H6/c15-11-6-2-1-3-9-14(11)10-12(16)13-7-4-5-8-13;1-6-14-8-4-7(2-3-9(8)16-6)15-10(12)13-5-11;1-2/h1-10H2;2-4H,1H3,(H3,12,13,15);1-2H3. The SMILES string of the molecule is CC.Cc1nc2cc(N=C(N)NC#N)ccc2s1.O=C(CN1CCCCCC1=O)N1CCCC1. The maximum Gasteiger partial charge on any atom is 0.242 e. The van der Waals surface area contributed by atoms with Crippen molar-refractivity contribution < 1.29 is 9.59 Å². The molecule has 2 saturated heterocycles. The van der Waals surface area contributed by atoms with Gasteiger partial charge in [-0.25, -0.2) is 9.98 Å². The molecular weight excluding hydrogens is 450 g/mol. The van der Waals surface area contributed by atoms with Gasteiger partial charge in [0.2, 0.25) is 17.8 Å². The number of benzene rings is 1. The summed E-state index contributed by atoms with van der Waals surface area (Å²) in [5.41, 5.74) is 7.04. The normalized spacial score (nSPS) is 16.1. The fraction of sp³-hybridized carbons (Fsp3) is 0.542. The number of aliphatic imine (C=N–C) groups is 1. The number of nitrogens with two attached hydrogens (primary N) is 1. The Balaban J connectivity index is 0.000000224. The van der Waals surface area contributed by atoms with Crippen LogP contribution in [-0.2, 0) is 9.59 Å². The Kier molecular flexibility index (Phi) is 11.3. The highest BCUT2D eigenvalue weighted by Crippen LogP contribution is 2.25. The Hall–Kier alpha value is -3.19. The number of nitrogens with one attached hydrogen (secondary N) is 1. The maximum atomic E-state index is 11.9. The van der Waals surface area contributed by atoms with E-state index in [9.17, 15) is 9.59 Å². The molecule has 3 heterocycles. The number of amides is 2. The van der Waals surface area contributed by atoms with Crippen LogP contribution in [0, 0.1) is 18.4 Å². The number of carbonyl (C=O) groups excluding carboxylic acids is 2. The fourth-order valence-electron chi connectivity index (χ4n) is 3.76. The Bertz CT molecular complexity index is 1020. The van der Waals surface area contributed by atoms with Gasteiger partial charge in [-0.2, -0.15) is 5.26 Å². The summed E-state index contributed by atoms with van der Waals surface area (Å²) in [6.45, 7) is 8.78. The molecule has 2 amide bonds. The maximum absolute atomic E-state index is 11.9. The molecule has 2 fully saturated rings. The zero-order valence-corrected chi connectivity index (χ0v) is 21.2. The van der Waals surface area contributed by atoms with Crippen molar-refractivity contribution in [2.75, 3.05) is 26.2 Å². The van der Waals surface area contributed by atoms with Crippen LogP contribution in [0.3, 0.4) is 0 Å². The number of fused-ring (bicyclic) bond motifs is 1. The van der Waals surface area contributed by atoms with E-state index in [1.54, 1.807) is 22.4 Å². The van der Waals surface area contributed by atoms with Crippen LogP contribution in [0.15, 0.2) is 23.2 Å². The third-order valence-corrected chi connectivity index (χ3v) is 6.32. The second kappa shape index (κ2) is 14.2. The smallest absolute Gasteiger partial charge is 0.242 e. The van der Waals surface area contributed by atoms with Gasteiger partial charge < -0.3 is 15.5 Å². The number of thiazole rings is 1. The number of nitriles is 1. The highest BCUT2D eigenvalue weighted by Gasteiger charge is 2.23. The highest BCUT2D eigenvalue weighted by atomic mass is 32.1. The summed E-state index contributed by atoms with van der Waals surface area (Å²) in [6, 6.07) is 5.62. The van der Waals surface area contributed by atoms with Crippen LogP contribution in [-0.4, -0.2) is 58.7 Å². The zero-order valence-electron chi connectivity index (χ0n) is 20.3. The number of likely N-dealkylation sites (tertiary alicyclic amines) is 2. The van der Waals surface area contributed by atoms with Crippen LogP contribution < -0.4 is 11.1 Å². The van der Waals surface area contributed by atoms with E-state index < -0.39 is 0 Å². The van der Waals surface area contributed by atoms with E-state index in [0.717, 1.165) is 67.0 Å². The van der Waals surface area contributed by atoms with Crippen LogP contribution in [0.2, 0.25) is 0 Å². The number of aryl methyl sites for hydroxylation is 1. The number of nitrogens with zero attached hydrogens (tertiary/aromatic N) is 5. The van der Waals surface area contributed by atoms with Crippen LogP contribution in [0.4, 0.5) is 5.69 Å². The largest absolute Gasteiger partial charge is 0.369 e. The molecule has 34 heavy (non-hydrogen) atoms. The summed E-state index contributed by atoms with van der Waals surface area (Å²) < 4.78 is 1.11. The molecule has 9 nitrogen and oxygen atoms in total. The summed E-state index contributed by atoms with van der Waals surface area (Å²) in [4.78, 5) is 35.6. The Morgan fingerprint density at radius 3 is 2.62 bits per heavy atom. The van der Waals surface area contributed by atoms with Crippen molar-refractivity contribution in [3.63, 3.8) is 0 Å². The summed E-state index contributed by atoms with van der Waals surface area (Å²) in [5.74, 6) is 0.367. The van der Waals surface area contributed by atoms with Gasteiger partial charge in [0, 0.05) is 26.1 Å². The summed E-state index contributed by atoms with van der Waals surface area (Å²) in [5, 5.41) is 11.6. The molecule has 10 heteroatoms. The van der Waals surface area contributed by atoms with E-state index in [1.165, 1.54) is 0 Å². The van der Waals surface area contributed by atoms with Crippen molar-refractivity contribution in [3.05, 3.63) is 23.2 Å². The van der Waals surface area contributed by atoms with Gasteiger partial charge >= 0.3 is 0 Å². The molecule has 1 aromatic heterocycles. The first-order chi connectivity index (χ1) is 16.5. The average molecular weight is 486 g/mol. The lowest BCUT2D eigenvalue weighted by Gasteiger charge is -2.23. The molecular formula is C24H35N7O2S. The lowest BCUT2D eigenvalue weighted by Crippen LogP contribution is -2.41. The number of aromatic nitrogens is 1. The Morgan fingerprint density at radius 2 is 1.91 bits per heavy atom. The molecule has 0 saturated carbocycles. The van der Waals surface area contributed by atoms with Crippen molar-refractivity contribution in [1.82, 2.24) is 20.1 Å². The van der Waals surface area contributed by atoms with Crippen LogP contribution in [0.1, 0.15) is 57.4 Å². The van der Waals surface area contributed by atoms with Crippen LogP contribution >= 0.6 is 11.3 Å². The zero-order chi connectivity index (χ0) is 24.9. The van der Waals surface area contributed by atoms with Gasteiger partial charge in [-0.1, -0.05) is 20.3 Å². The molecule has 0 atom stereocenters. The van der Waals surface area contributed by atoms with Gasteiger partial charge in [-0.05, 0) is 50.8 Å². The third kappa shape index (κ3) is 8.30. The topological polar surface area (TPSA) is 128 Å². The van der Waals surface area contributed by atoms with Gasteiger partial charge in [-0.3, -0.25) is 14.9 Å². The molecule has 3 N–H and O–H groups in total. The van der Waals surface area contributed by atoms with Gasteiger partial charge in [0.05, 0.1) is 27.5 Å². The summed E-state index contributed by atoms with van der Waals surface area (Å²) in [6.07, 6.45) is 7.68. The van der Waals surface area contributed by atoms with E-state index in [2.05, 4.69) is 15.3 Å². The molecule has 184 valence electrons. The summed E-state index contributed by atoms with van der Waals surface area (Å²) in [7, 11) is 0. The van der Waals surface area contributed by atoms with Gasteiger partial charge in [0.25, 0.3) is 0 Å². The van der Waals surface area contributed by atoms with Crippen molar-refractivity contribution in [1.29, 1.82) is 5.26 Å². The van der Waals surface area contributed by atoms with Crippen molar-refractivity contribution in [3.8, 4) is 6.19 Å². The van der Waals surface area contributed by atoms with Crippen molar-refractivity contribution >= 4 is 45.0 Å². The number of hydrogen-bond acceptors (Lipinski definition) is 6. The monoisotopic (exact) mass is 485 g/mol. The lowest BCUT2D eigenvalue weighted by atomic mass is 10.2. The second-order valence-corrected chi connectivity index (χ2v) is 9.07. The van der Waals surface area contributed by atoms with E-state index in [1.807, 2.05) is 43.9 Å². The Labute approximate surface area is 205 Å². The minimum Gasteiger partial charge on any atom is -0.369 e. The van der Waals surface area contributed by atoms with E-state index in [4.69, 9.17) is 11.0 Å². The van der Waals surface area contributed by atoms with E-state index in [-0.39, 0.29) is 17.8 Å². The third-order valence-electron chi connectivity index (χ3n) is 5.37. The first-order valence-corrected chi connectivity index (χ1v) is 12.7. The molecule has 0 bridgehead atoms. The van der Waals surface area contributed by atoms with Crippen LogP contribution in [0.5, 0.6) is 0 Å². The number of carbonyl (C=O) groups is 2. The predicted molar refractivity (Wildman–Crippen MR) is 137 cm³/mol. The minimum absolute atomic E-state index is 0.0776. The molecule has 2 aromatic rings. The molecule has 1 aromatic carbocycles. The van der Waals surface area contributed by atoms with E-state index >= 15 is 0 Å². The Morgan fingerprint density at radius 1 is 1.21 bits per heavy atom. The molecule has 0 spiro atoms. The average Bonchev–Trinajstić information content (AvgIpc) is 3.44. The minimum atomic E-state index is 0.0776. The second-order valence-electron chi connectivity index (χ2n) is 7.83. The fourth-order valence-corrected chi connectivity index (χ4v) is 4.57. The number of guanidine groups is 1. The number of hydrogen-bond donors (Lipinski definition) is 2. The highest BCUT2D eigenvalue weighted by molar-refractivity contribution is 7.18. The summed E-state index contributed by atoms with van der Waals surface area (Å²) >= 11 is 1.63. The molecule has 0 aliphatic carbocycles.